The van der Waals surface area contributed by atoms with Gasteiger partial charge in [0.25, 0.3) is 0 Å². The van der Waals surface area contributed by atoms with E-state index in [4.69, 9.17) is 5.11 Å². The van der Waals surface area contributed by atoms with Crippen LogP contribution < -0.4 is 0 Å². The van der Waals surface area contributed by atoms with Gasteiger partial charge in [-0.3, -0.25) is 4.79 Å². The van der Waals surface area contributed by atoms with Crippen LogP contribution in [0.4, 0.5) is 13.2 Å². The highest BCUT2D eigenvalue weighted by Gasteiger charge is 2.41. The van der Waals surface area contributed by atoms with Crippen molar-refractivity contribution in [1.82, 2.24) is 19.9 Å². The molecular formula is C10H13F3N4O3. The summed E-state index contributed by atoms with van der Waals surface area (Å²) in [5.74, 6) is -2.04. The molecule has 0 bridgehead atoms. The number of carboxylic acid groups (broad SMARTS) is 1. The number of aromatic nitrogens is 3. The van der Waals surface area contributed by atoms with Crippen LogP contribution in [-0.4, -0.2) is 51.0 Å². The molecule has 1 heterocycles. The number of carbonyl (C=O) groups is 2. The van der Waals surface area contributed by atoms with Crippen LogP contribution in [0, 0.1) is 0 Å². The second-order valence-corrected chi connectivity index (χ2v) is 4.20. The number of aryl methyl sites for hydroxylation is 1. The first-order valence-corrected chi connectivity index (χ1v) is 5.58. The summed E-state index contributed by atoms with van der Waals surface area (Å²) in [4.78, 5) is 23.3. The van der Waals surface area contributed by atoms with Crippen molar-refractivity contribution in [1.29, 1.82) is 0 Å². The topological polar surface area (TPSA) is 88.3 Å². The Bertz CT molecular complexity index is 510. The molecule has 20 heavy (non-hydrogen) atoms. The molecule has 0 aliphatic heterocycles. The second kappa shape index (κ2) is 5.88. The number of carboxylic acids is 1. The fraction of sp³-hybridized carbons (Fsp3) is 0.600. The maximum absolute atomic E-state index is 12.8. The Kier molecular flexibility index (Phi) is 4.69. The number of halogens is 3. The smallest absolute Gasteiger partial charge is 0.435 e. The van der Waals surface area contributed by atoms with Crippen LogP contribution in [-0.2, 0) is 17.5 Å². The third-order valence-electron chi connectivity index (χ3n) is 2.47. The Hall–Kier alpha value is -2.13. The van der Waals surface area contributed by atoms with Gasteiger partial charge >= 0.3 is 12.1 Å². The molecule has 10 heteroatoms. The maximum atomic E-state index is 12.8. The summed E-state index contributed by atoms with van der Waals surface area (Å²) in [6.45, 7) is -0.241. The van der Waals surface area contributed by atoms with Crippen molar-refractivity contribution in [2.24, 2.45) is 0 Å². The van der Waals surface area contributed by atoms with Gasteiger partial charge in [-0.1, -0.05) is 5.21 Å². The summed E-state index contributed by atoms with van der Waals surface area (Å²) < 4.78 is 38.8. The van der Waals surface area contributed by atoms with Crippen LogP contribution in [0.5, 0.6) is 0 Å². The summed E-state index contributed by atoms with van der Waals surface area (Å²) in [6, 6.07) is 0. The van der Waals surface area contributed by atoms with Crippen molar-refractivity contribution >= 4 is 11.9 Å². The summed E-state index contributed by atoms with van der Waals surface area (Å²) in [5, 5.41) is 14.9. The quantitative estimate of drug-likeness (QED) is 0.870. The molecule has 0 atom stereocenters. The van der Waals surface area contributed by atoms with E-state index in [-0.39, 0.29) is 25.3 Å². The normalized spacial score (nSPS) is 11.4. The van der Waals surface area contributed by atoms with Gasteiger partial charge in [-0.25, -0.2) is 9.48 Å². The first-order chi connectivity index (χ1) is 9.14. The van der Waals surface area contributed by atoms with E-state index < -0.39 is 23.5 Å². The van der Waals surface area contributed by atoms with Crippen molar-refractivity contribution in [3.63, 3.8) is 0 Å². The third kappa shape index (κ3) is 3.68. The van der Waals surface area contributed by atoms with Crippen molar-refractivity contribution in [3.05, 3.63) is 11.4 Å². The lowest BCUT2D eigenvalue weighted by molar-refractivity contribution is -0.144. The molecule has 112 valence electrons. The number of rotatable bonds is 5. The van der Waals surface area contributed by atoms with Crippen LogP contribution in [0.2, 0.25) is 0 Å². The maximum Gasteiger partial charge on any atom is 0.435 e. The predicted molar refractivity (Wildman–Crippen MR) is 59.9 cm³/mol. The molecular weight excluding hydrogens is 281 g/mol. The molecule has 0 aliphatic carbocycles. The number of alkyl halides is 3. The molecule has 0 fully saturated rings. The van der Waals surface area contributed by atoms with Gasteiger partial charge < -0.3 is 10.0 Å². The molecule has 0 aliphatic rings. The molecule has 0 radical (unpaired) electrons. The monoisotopic (exact) mass is 294 g/mol. The van der Waals surface area contributed by atoms with Crippen molar-refractivity contribution in [3.8, 4) is 0 Å². The third-order valence-corrected chi connectivity index (χ3v) is 2.47. The largest absolute Gasteiger partial charge is 0.476 e. The zero-order chi connectivity index (χ0) is 15.5. The number of amides is 1. The predicted octanol–water partition coefficient (Wildman–Crippen LogP) is 0.863. The number of nitrogens with zero attached hydrogens (tertiary/aromatic N) is 4. The molecule has 1 N–H and O–H groups in total. The van der Waals surface area contributed by atoms with Crippen LogP contribution in [0.3, 0.4) is 0 Å². The van der Waals surface area contributed by atoms with E-state index in [1.807, 2.05) is 0 Å². The summed E-state index contributed by atoms with van der Waals surface area (Å²) >= 11 is 0. The van der Waals surface area contributed by atoms with Crippen LogP contribution >= 0.6 is 0 Å². The van der Waals surface area contributed by atoms with E-state index in [2.05, 4.69) is 10.3 Å². The Morgan fingerprint density at radius 3 is 2.40 bits per heavy atom. The molecule has 1 amide bonds. The summed E-state index contributed by atoms with van der Waals surface area (Å²) in [6.07, 6.45) is -4.74. The highest BCUT2D eigenvalue weighted by molar-refractivity contribution is 5.86. The molecule has 1 aromatic rings. The average molecular weight is 294 g/mol. The van der Waals surface area contributed by atoms with E-state index in [1.165, 1.54) is 19.0 Å². The number of aromatic carboxylic acids is 1. The number of hydrogen-bond acceptors (Lipinski definition) is 4. The molecule has 7 nitrogen and oxygen atoms in total. The minimum absolute atomic E-state index is 0.0343. The first kappa shape index (κ1) is 15.9. The molecule has 0 unspecified atom stereocenters. The first-order valence-electron chi connectivity index (χ1n) is 5.58. The SMILES string of the molecule is CN(C)C(=O)CCCn1nnc(C(=O)O)c1C(F)(F)F. The Labute approximate surface area is 112 Å². The molecule has 0 saturated heterocycles. The van der Waals surface area contributed by atoms with E-state index in [9.17, 15) is 22.8 Å². The Morgan fingerprint density at radius 2 is 1.95 bits per heavy atom. The van der Waals surface area contributed by atoms with Crippen molar-refractivity contribution < 1.29 is 27.9 Å². The lowest BCUT2D eigenvalue weighted by Crippen LogP contribution is -2.22. The van der Waals surface area contributed by atoms with Gasteiger partial charge in [0.15, 0.2) is 5.69 Å². The molecule has 0 spiro atoms. The minimum atomic E-state index is -4.87. The fourth-order valence-corrected chi connectivity index (χ4v) is 1.50. The van der Waals surface area contributed by atoms with Crippen LogP contribution in [0.1, 0.15) is 29.0 Å². The lowest BCUT2D eigenvalue weighted by Gasteiger charge is -2.11. The second-order valence-electron chi connectivity index (χ2n) is 4.20. The summed E-state index contributed by atoms with van der Waals surface area (Å²) in [7, 11) is 3.06. The molecule has 0 aromatic carbocycles. The zero-order valence-electron chi connectivity index (χ0n) is 10.8. The van der Waals surface area contributed by atoms with Gasteiger partial charge in [0.05, 0.1) is 0 Å². The minimum Gasteiger partial charge on any atom is -0.476 e. The van der Waals surface area contributed by atoms with Gasteiger partial charge in [0, 0.05) is 27.1 Å². The van der Waals surface area contributed by atoms with E-state index >= 15 is 0 Å². The standard InChI is InChI=1S/C10H13F3N4O3/c1-16(2)6(18)4-3-5-17-8(10(11,12)13)7(9(19)20)14-15-17/h3-5H2,1-2H3,(H,19,20). The highest BCUT2D eigenvalue weighted by Crippen LogP contribution is 2.31. The van der Waals surface area contributed by atoms with Gasteiger partial charge in [-0.15, -0.1) is 5.10 Å². The van der Waals surface area contributed by atoms with Crippen LogP contribution in [0.25, 0.3) is 0 Å². The Morgan fingerprint density at radius 1 is 1.35 bits per heavy atom. The fourth-order valence-electron chi connectivity index (χ4n) is 1.50. The molecule has 1 aromatic heterocycles. The lowest BCUT2D eigenvalue weighted by atomic mass is 10.2. The van der Waals surface area contributed by atoms with Gasteiger partial charge in [0.1, 0.15) is 0 Å². The van der Waals surface area contributed by atoms with Gasteiger partial charge in [0.2, 0.25) is 11.6 Å². The number of carbonyl (C=O) groups excluding carboxylic acids is 1. The van der Waals surface area contributed by atoms with Crippen molar-refractivity contribution in [2.75, 3.05) is 14.1 Å². The van der Waals surface area contributed by atoms with Crippen molar-refractivity contribution in [2.45, 2.75) is 25.6 Å². The van der Waals surface area contributed by atoms with Gasteiger partial charge in [-0.05, 0) is 6.42 Å². The van der Waals surface area contributed by atoms with Crippen LogP contribution in [0.15, 0.2) is 0 Å². The van der Waals surface area contributed by atoms with E-state index in [0.717, 1.165) is 0 Å². The van der Waals surface area contributed by atoms with Gasteiger partial charge in [-0.2, -0.15) is 13.2 Å². The highest BCUT2D eigenvalue weighted by atomic mass is 19.4. The van der Waals surface area contributed by atoms with E-state index in [0.29, 0.717) is 4.68 Å². The van der Waals surface area contributed by atoms with E-state index in [1.54, 1.807) is 0 Å². The number of hydrogen-bond donors (Lipinski definition) is 1. The zero-order valence-corrected chi connectivity index (χ0v) is 10.8. The summed E-state index contributed by atoms with van der Waals surface area (Å²) in [5.41, 5.74) is -2.56. The molecule has 1 rings (SSSR count). The Balaban J connectivity index is 2.86. The molecule has 0 saturated carbocycles. The average Bonchev–Trinajstić information content (AvgIpc) is 2.72.